The summed E-state index contributed by atoms with van der Waals surface area (Å²) in [6, 6.07) is 20.7. The molecule has 0 saturated heterocycles. The highest BCUT2D eigenvalue weighted by Gasteiger charge is 2.38. The summed E-state index contributed by atoms with van der Waals surface area (Å²) in [5.41, 5.74) is 4.08. The summed E-state index contributed by atoms with van der Waals surface area (Å²) in [5.74, 6) is 0.918. The second-order valence-corrected chi connectivity index (χ2v) is 8.66. The van der Waals surface area contributed by atoms with Crippen molar-refractivity contribution in [3.8, 4) is 0 Å². The fourth-order valence-electron chi connectivity index (χ4n) is 4.68. The van der Waals surface area contributed by atoms with Crippen LogP contribution < -0.4 is 10.2 Å². The Morgan fingerprint density at radius 3 is 2.76 bits per heavy atom. The lowest BCUT2D eigenvalue weighted by atomic mass is 9.78. The van der Waals surface area contributed by atoms with Gasteiger partial charge in [0.25, 0.3) is 5.91 Å². The van der Waals surface area contributed by atoms with Crippen LogP contribution in [0.25, 0.3) is 0 Å². The summed E-state index contributed by atoms with van der Waals surface area (Å²) in [6.07, 6.45) is 5.69. The zero-order valence-corrected chi connectivity index (χ0v) is 17.2. The normalized spacial score (nSPS) is 21.9. The maximum atomic E-state index is 13.3. The quantitative estimate of drug-likeness (QED) is 0.526. The maximum Gasteiger partial charge on any atom is 0.258 e. The largest absolute Gasteiger partial charge is 0.377 e. The lowest BCUT2D eigenvalue weighted by molar-refractivity contribution is 0.0988. The first-order valence-electron chi connectivity index (χ1n) is 10.2. The van der Waals surface area contributed by atoms with E-state index in [1.54, 1.807) is 0 Å². The third-order valence-corrected chi connectivity index (χ3v) is 7.04. The molecule has 1 aliphatic carbocycles. The molecular weight excluding hydrogens is 376 g/mol. The van der Waals surface area contributed by atoms with Crippen LogP contribution in [-0.2, 0) is 0 Å². The number of hydrogen-bond acceptors (Lipinski definition) is 3. The zero-order valence-electron chi connectivity index (χ0n) is 16.4. The van der Waals surface area contributed by atoms with Crippen molar-refractivity contribution >= 4 is 28.6 Å². The number of nitrogens with zero attached hydrogens (tertiary/aromatic N) is 1. The summed E-state index contributed by atoms with van der Waals surface area (Å²) in [6.45, 7) is 2.66. The van der Waals surface area contributed by atoms with Gasteiger partial charge in [-0.2, -0.15) is 0 Å². The third kappa shape index (κ3) is 3.18. The van der Waals surface area contributed by atoms with Crippen LogP contribution in [0.2, 0.25) is 0 Å². The van der Waals surface area contributed by atoms with Gasteiger partial charge in [0, 0.05) is 34.3 Å². The molecule has 0 saturated carbocycles. The molecule has 3 unspecified atom stereocenters. The monoisotopic (exact) mass is 400 g/mol. The summed E-state index contributed by atoms with van der Waals surface area (Å²) in [5, 5.41) is 5.90. The van der Waals surface area contributed by atoms with Crippen LogP contribution in [0.15, 0.2) is 78.2 Å². The molecule has 0 spiro atoms. The van der Waals surface area contributed by atoms with Crippen molar-refractivity contribution in [3.63, 3.8) is 0 Å². The van der Waals surface area contributed by atoms with Crippen molar-refractivity contribution in [2.24, 2.45) is 5.92 Å². The number of anilines is 2. The van der Waals surface area contributed by atoms with Crippen molar-refractivity contribution < 1.29 is 4.79 Å². The first-order chi connectivity index (χ1) is 14.3. The summed E-state index contributed by atoms with van der Waals surface area (Å²) in [4.78, 5) is 16.5. The van der Waals surface area contributed by atoms with Gasteiger partial charge in [-0.05, 0) is 66.6 Å². The predicted molar refractivity (Wildman–Crippen MR) is 121 cm³/mol. The number of benzene rings is 2. The SMILES string of the molecule is CCN(C(=O)c1ccc2c(c1)C1C=CCC1C(c1cccs1)N2)c1ccccc1. The van der Waals surface area contributed by atoms with Crippen molar-refractivity contribution in [2.45, 2.75) is 25.3 Å². The number of fused-ring (bicyclic) bond motifs is 3. The third-order valence-electron chi connectivity index (χ3n) is 6.09. The zero-order chi connectivity index (χ0) is 19.8. The molecule has 1 aliphatic heterocycles. The average molecular weight is 401 g/mol. The van der Waals surface area contributed by atoms with Crippen LogP contribution in [0.3, 0.4) is 0 Å². The number of hydrogen-bond donors (Lipinski definition) is 1. The molecule has 4 heteroatoms. The van der Waals surface area contributed by atoms with Gasteiger partial charge in [0.15, 0.2) is 0 Å². The summed E-state index contributed by atoms with van der Waals surface area (Å²) in [7, 11) is 0. The molecule has 2 aromatic carbocycles. The fourth-order valence-corrected chi connectivity index (χ4v) is 5.54. The molecule has 146 valence electrons. The topological polar surface area (TPSA) is 32.3 Å². The molecule has 3 atom stereocenters. The van der Waals surface area contributed by atoms with E-state index < -0.39 is 0 Å². The number of amides is 1. The number of thiophene rings is 1. The van der Waals surface area contributed by atoms with Crippen molar-refractivity contribution in [3.05, 3.63) is 94.2 Å². The molecule has 3 aromatic rings. The van der Waals surface area contributed by atoms with E-state index in [0.717, 1.165) is 23.4 Å². The molecule has 2 aliphatic rings. The van der Waals surface area contributed by atoms with Gasteiger partial charge in [-0.1, -0.05) is 36.4 Å². The molecule has 1 aromatic heterocycles. The Labute approximate surface area is 175 Å². The second kappa shape index (κ2) is 7.53. The molecule has 5 rings (SSSR count). The molecule has 1 amide bonds. The second-order valence-electron chi connectivity index (χ2n) is 7.68. The van der Waals surface area contributed by atoms with Gasteiger partial charge in [-0.15, -0.1) is 11.3 Å². The first-order valence-corrected chi connectivity index (χ1v) is 11.1. The molecule has 0 radical (unpaired) electrons. The fraction of sp³-hybridized carbons (Fsp3) is 0.240. The molecule has 29 heavy (non-hydrogen) atoms. The molecule has 3 nitrogen and oxygen atoms in total. The first kappa shape index (κ1) is 18.2. The van der Waals surface area contributed by atoms with E-state index in [9.17, 15) is 4.79 Å². The predicted octanol–water partition coefficient (Wildman–Crippen LogP) is 6.24. The van der Waals surface area contributed by atoms with Crippen molar-refractivity contribution in [1.29, 1.82) is 0 Å². The van der Waals surface area contributed by atoms with Gasteiger partial charge >= 0.3 is 0 Å². The molecule has 2 heterocycles. The van der Waals surface area contributed by atoms with Crippen molar-refractivity contribution in [1.82, 2.24) is 0 Å². The van der Waals surface area contributed by atoms with Crippen LogP contribution in [0, 0.1) is 5.92 Å². The minimum absolute atomic E-state index is 0.0559. The smallest absolute Gasteiger partial charge is 0.258 e. The van der Waals surface area contributed by atoms with Crippen LogP contribution >= 0.6 is 11.3 Å². The van der Waals surface area contributed by atoms with Crippen LogP contribution in [-0.4, -0.2) is 12.5 Å². The van der Waals surface area contributed by atoms with Gasteiger partial charge in [-0.25, -0.2) is 0 Å². The van der Waals surface area contributed by atoms with E-state index in [1.807, 2.05) is 59.6 Å². The number of rotatable bonds is 4. The minimum atomic E-state index is 0.0559. The number of carbonyl (C=O) groups excluding carboxylic acids is 1. The Bertz CT molecular complexity index is 1040. The van der Waals surface area contributed by atoms with E-state index in [4.69, 9.17) is 0 Å². The van der Waals surface area contributed by atoms with Gasteiger partial charge < -0.3 is 10.2 Å². The van der Waals surface area contributed by atoms with Crippen LogP contribution in [0.4, 0.5) is 11.4 Å². The molecule has 0 bridgehead atoms. The maximum absolute atomic E-state index is 13.3. The Kier molecular flexibility index (Phi) is 4.72. The van der Waals surface area contributed by atoms with Crippen LogP contribution in [0.1, 0.15) is 46.1 Å². The lowest BCUT2D eigenvalue weighted by Gasteiger charge is -2.37. The van der Waals surface area contributed by atoms with Gasteiger partial charge in [0.1, 0.15) is 0 Å². The number of para-hydroxylation sites is 1. The Balaban J connectivity index is 1.49. The molecule has 0 fully saturated rings. The standard InChI is InChI=1S/C25H24N2OS/c1-2-27(18-8-4-3-5-9-18)25(28)17-13-14-22-21(16-17)19-10-6-11-20(19)24(26-22)23-12-7-15-29-23/h3-10,12-16,19-20,24,26H,2,11H2,1H3. The molecule has 1 N–H and O–H groups in total. The van der Waals surface area contributed by atoms with Crippen LogP contribution in [0.5, 0.6) is 0 Å². The Hall–Kier alpha value is -2.85. The number of nitrogens with one attached hydrogen (secondary N) is 1. The Morgan fingerprint density at radius 1 is 1.14 bits per heavy atom. The van der Waals surface area contributed by atoms with E-state index in [0.29, 0.717) is 24.4 Å². The Morgan fingerprint density at radius 2 is 2.00 bits per heavy atom. The highest BCUT2D eigenvalue weighted by molar-refractivity contribution is 7.10. The van der Waals surface area contributed by atoms with Gasteiger partial charge in [-0.3, -0.25) is 4.79 Å². The summed E-state index contributed by atoms with van der Waals surface area (Å²) >= 11 is 1.81. The number of carbonyl (C=O) groups is 1. The van der Waals surface area contributed by atoms with E-state index in [-0.39, 0.29) is 5.91 Å². The lowest BCUT2D eigenvalue weighted by Crippen LogP contribution is -2.32. The molecular formula is C25H24N2OS. The van der Waals surface area contributed by atoms with E-state index >= 15 is 0 Å². The summed E-state index contributed by atoms with van der Waals surface area (Å²) < 4.78 is 0. The van der Waals surface area contributed by atoms with E-state index in [1.165, 1.54) is 10.4 Å². The minimum Gasteiger partial charge on any atom is -0.377 e. The van der Waals surface area contributed by atoms with E-state index in [2.05, 4.69) is 47.1 Å². The number of allylic oxidation sites excluding steroid dienone is 2. The highest BCUT2D eigenvalue weighted by Crippen LogP contribution is 2.50. The van der Waals surface area contributed by atoms with Gasteiger partial charge in [0.2, 0.25) is 0 Å². The highest BCUT2D eigenvalue weighted by atomic mass is 32.1. The van der Waals surface area contributed by atoms with Gasteiger partial charge in [0.05, 0.1) is 6.04 Å². The van der Waals surface area contributed by atoms with Crippen molar-refractivity contribution in [2.75, 3.05) is 16.8 Å². The average Bonchev–Trinajstić information content (AvgIpc) is 3.46.